The second kappa shape index (κ2) is 11.8. The molecule has 4 rings (SSSR count). The zero-order chi connectivity index (χ0) is 23.9. The SMILES string of the molecule is CC(c1nnc(SCC(=O)NCCc2ccc(Cl)cc2)n1-c1ccc(F)cc1)N1CCCCC1. The van der Waals surface area contributed by atoms with Gasteiger partial charge in [0.05, 0.1) is 11.8 Å². The van der Waals surface area contributed by atoms with Crippen molar-refractivity contribution in [3.63, 3.8) is 0 Å². The fraction of sp³-hybridized carbons (Fsp3) is 0.400. The van der Waals surface area contributed by atoms with E-state index in [2.05, 4.69) is 27.3 Å². The first kappa shape index (κ1) is 24.7. The van der Waals surface area contributed by atoms with Gasteiger partial charge in [-0.15, -0.1) is 10.2 Å². The van der Waals surface area contributed by atoms with Gasteiger partial charge in [0.15, 0.2) is 11.0 Å². The zero-order valence-electron chi connectivity index (χ0n) is 19.2. The van der Waals surface area contributed by atoms with E-state index in [1.807, 2.05) is 28.8 Å². The Morgan fingerprint density at radius 2 is 1.79 bits per heavy atom. The van der Waals surface area contributed by atoms with Gasteiger partial charge in [-0.3, -0.25) is 14.3 Å². The van der Waals surface area contributed by atoms with E-state index in [1.165, 1.54) is 43.2 Å². The van der Waals surface area contributed by atoms with Crippen molar-refractivity contribution in [2.45, 2.75) is 43.8 Å². The molecule has 0 aliphatic carbocycles. The number of carbonyl (C=O) groups excluding carboxylic acids is 1. The largest absolute Gasteiger partial charge is 0.355 e. The number of nitrogens with one attached hydrogen (secondary N) is 1. The van der Waals surface area contributed by atoms with Crippen molar-refractivity contribution in [1.82, 2.24) is 25.0 Å². The van der Waals surface area contributed by atoms with Gasteiger partial charge in [-0.05, 0) is 81.2 Å². The van der Waals surface area contributed by atoms with Crippen molar-refractivity contribution in [2.75, 3.05) is 25.4 Å². The van der Waals surface area contributed by atoms with E-state index in [4.69, 9.17) is 11.6 Å². The first-order chi connectivity index (χ1) is 16.5. The monoisotopic (exact) mass is 501 g/mol. The maximum absolute atomic E-state index is 13.6. The Labute approximate surface area is 208 Å². The summed E-state index contributed by atoms with van der Waals surface area (Å²) < 4.78 is 15.5. The molecule has 1 aliphatic rings. The Morgan fingerprint density at radius 1 is 1.09 bits per heavy atom. The van der Waals surface area contributed by atoms with Gasteiger partial charge < -0.3 is 5.32 Å². The van der Waals surface area contributed by atoms with Gasteiger partial charge in [-0.2, -0.15) is 0 Å². The third kappa shape index (κ3) is 6.37. The molecule has 1 aromatic heterocycles. The lowest BCUT2D eigenvalue weighted by atomic mass is 10.1. The lowest BCUT2D eigenvalue weighted by Gasteiger charge is -2.31. The molecular formula is C25H29ClFN5OS. The highest BCUT2D eigenvalue weighted by atomic mass is 35.5. The number of halogens is 2. The van der Waals surface area contributed by atoms with E-state index < -0.39 is 0 Å². The number of amides is 1. The van der Waals surface area contributed by atoms with Crippen LogP contribution in [0.1, 0.15) is 43.6 Å². The van der Waals surface area contributed by atoms with Crippen LogP contribution in [0.25, 0.3) is 5.69 Å². The minimum atomic E-state index is -0.295. The smallest absolute Gasteiger partial charge is 0.230 e. The first-order valence-corrected chi connectivity index (χ1v) is 13.0. The summed E-state index contributed by atoms with van der Waals surface area (Å²) in [6.07, 6.45) is 4.33. The van der Waals surface area contributed by atoms with E-state index in [-0.39, 0.29) is 23.5 Å². The quantitative estimate of drug-likeness (QED) is 0.415. The summed E-state index contributed by atoms with van der Waals surface area (Å²) in [4.78, 5) is 14.9. The molecule has 1 amide bonds. The lowest BCUT2D eigenvalue weighted by Crippen LogP contribution is -2.33. The number of piperidine rings is 1. The van der Waals surface area contributed by atoms with Gasteiger partial charge in [0.2, 0.25) is 5.91 Å². The normalized spacial score (nSPS) is 15.3. The molecule has 1 N–H and O–H groups in total. The second-order valence-corrected chi connectivity index (χ2v) is 9.82. The maximum atomic E-state index is 13.6. The summed E-state index contributed by atoms with van der Waals surface area (Å²) >= 11 is 7.25. The molecule has 2 heterocycles. The Hall–Kier alpha value is -2.42. The van der Waals surface area contributed by atoms with E-state index in [0.717, 1.165) is 36.6 Å². The van der Waals surface area contributed by atoms with Gasteiger partial charge in [0.25, 0.3) is 0 Å². The van der Waals surface area contributed by atoms with Crippen LogP contribution in [0.15, 0.2) is 53.7 Å². The summed E-state index contributed by atoms with van der Waals surface area (Å²) in [6, 6.07) is 14.0. The van der Waals surface area contributed by atoms with Crippen LogP contribution in [0.3, 0.4) is 0 Å². The number of likely N-dealkylation sites (tertiary alicyclic amines) is 1. The van der Waals surface area contributed by atoms with Crippen molar-refractivity contribution < 1.29 is 9.18 Å². The standard InChI is InChI=1S/C25H29ClFN5OS/c1-18(31-15-3-2-4-16-31)24-29-30-25(32(24)22-11-9-21(27)10-12-22)34-17-23(33)28-14-13-19-5-7-20(26)8-6-19/h5-12,18H,2-4,13-17H2,1H3,(H,28,33). The van der Waals surface area contributed by atoms with Crippen LogP contribution in [0, 0.1) is 5.82 Å². The van der Waals surface area contributed by atoms with Crippen molar-refractivity contribution in [3.8, 4) is 5.69 Å². The molecule has 1 fully saturated rings. The number of thioether (sulfide) groups is 1. The molecule has 3 aromatic rings. The van der Waals surface area contributed by atoms with Crippen LogP contribution in [-0.4, -0.2) is 51.0 Å². The average Bonchev–Trinajstić information content (AvgIpc) is 3.28. The van der Waals surface area contributed by atoms with Crippen molar-refractivity contribution >= 4 is 29.3 Å². The van der Waals surface area contributed by atoms with E-state index in [1.54, 1.807) is 12.1 Å². The number of rotatable bonds is 9. The highest BCUT2D eigenvalue weighted by molar-refractivity contribution is 7.99. The van der Waals surface area contributed by atoms with Gasteiger partial charge in [-0.1, -0.05) is 41.9 Å². The third-order valence-electron chi connectivity index (χ3n) is 6.04. The molecule has 0 spiro atoms. The van der Waals surface area contributed by atoms with Gasteiger partial charge in [0, 0.05) is 17.3 Å². The van der Waals surface area contributed by atoms with Crippen LogP contribution >= 0.6 is 23.4 Å². The van der Waals surface area contributed by atoms with Crippen LogP contribution in [0.5, 0.6) is 0 Å². The van der Waals surface area contributed by atoms with Crippen LogP contribution in [0.2, 0.25) is 5.02 Å². The molecule has 1 atom stereocenters. The Bertz CT molecular complexity index is 1080. The lowest BCUT2D eigenvalue weighted by molar-refractivity contribution is -0.118. The number of hydrogen-bond donors (Lipinski definition) is 1. The molecule has 9 heteroatoms. The number of benzene rings is 2. The van der Waals surface area contributed by atoms with Crippen molar-refractivity contribution in [1.29, 1.82) is 0 Å². The Balaban J connectivity index is 1.43. The molecule has 0 bridgehead atoms. The number of carbonyl (C=O) groups is 1. The van der Waals surface area contributed by atoms with Crippen molar-refractivity contribution in [2.24, 2.45) is 0 Å². The highest BCUT2D eigenvalue weighted by Crippen LogP contribution is 2.29. The molecule has 1 saturated heterocycles. The summed E-state index contributed by atoms with van der Waals surface area (Å²) in [5, 5.41) is 13.2. The van der Waals surface area contributed by atoms with E-state index in [0.29, 0.717) is 16.7 Å². The minimum Gasteiger partial charge on any atom is -0.355 e. The maximum Gasteiger partial charge on any atom is 0.230 e. The molecule has 1 unspecified atom stereocenters. The molecule has 1 aliphatic heterocycles. The fourth-order valence-corrected chi connectivity index (χ4v) is 5.04. The molecule has 0 saturated carbocycles. The van der Waals surface area contributed by atoms with Crippen LogP contribution < -0.4 is 5.32 Å². The summed E-state index contributed by atoms with van der Waals surface area (Å²) in [7, 11) is 0. The average molecular weight is 502 g/mol. The number of hydrogen-bond acceptors (Lipinski definition) is 5. The van der Waals surface area contributed by atoms with E-state index >= 15 is 0 Å². The zero-order valence-corrected chi connectivity index (χ0v) is 20.8. The molecule has 2 aromatic carbocycles. The Kier molecular flexibility index (Phi) is 8.59. The molecule has 180 valence electrons. The first-order valence-electron chi connectivity index (χ1n) is 11.6. The fourth-order valence-electron chi connectivity index (χ4n) is 4.13. The molecule has 0 radical (unpaired) electrons. The summed E-state index contributed by atoms with van der Waals surface area (Å²) in [6.45, 7) is 4.72. The van der Waals surface area contributed by atoms with Crippen LogP contribution in [0.4, 0.5) is 4.39 Å². The highest BCUT2D eigenvalue weighted by Gasteiger charge is 2.25. The topological polar surface area (TPSA) is 63.1 Å². The third-order valence-corrected chi connectivity index (χ3v) is 7.22. The second-order valence-electron chi connectivity index (χ2n) is 8.44. The Morgan fingerprint density at radius 3 is 2.50 bits per heavy atom. The van der Waals surface area contributed by atoms with E-state index in [9.17, 15) is 9.18 Å². The van der Waals surface area contributed by atoms with Gasteiger partial charge in [0.1, 0.15) is 5.82 Å². The predicted octanol–water partition coefficient (Wildman–Crippen LogP) is 5.06. The molecular weight excluding hydrogens is 473 g/mol. The summed E-state index contributed by atoms with van der Waals surface area (Å²) in [5.74, 6) is 0.659. The minimum absolute atomic E-state index is 0.0698. The van der Waals surface area contributed by atoms with Crippen LogP contribution in [-0.2, 0) is 11.2 Å². The van der Waals surface area contributed by atoms with Crippen molar-refractivity contribution in [3.05, 3.63) is 70.8 Å². The summed E-state index contributed by atoms with van der Waals surface area (Å²) in [5.41, 5.74) is 1.90. The number of aromatic nitrogens is 3. The molecule has 34 heavy (non-hydrogen) atoms. The number of nitrogens with zero attached hydrogens (tertiary/aromatic N) is 4. The van der Waals surface area contributed by atoms with Gasteiger partial charge >= 0.3 is 0 Å². The molecule has 6 nitrogen and oxygen atoms in total. The van der Waals surface area contributed by atoms with Gasteiger partial charge in [-0.25, -0.2) is 4.39 Å². The predicted molar refractivity (Wildman–Crippen MR) is 134 cm³/mol.